The zero-order valence-electron chi connectivity index (χ0n) is 17.9. The molecule has 3 aromatic rings. The van der Waals surface area contributed by atoms with Gasteiger partial charge in [0.25, 0.3) is 5.56 Å². The van der Waals surface area contributed by atoms with Crippen molar-refractivity contribution < 1.29 is 4.79 Å². The van der Waals surface area contributed by atoms with Gasteiger partial charge in [-0.15, -0.1) is 11.3 Å². The maximum absolute atomic E-state index is 12.9. The van der Waals surface area contributed by atoms with Crippen LogP contribution in [0, 0.1) is 0 Å². The van der Waals surface area contributed by atoms with Gasteiger partial charge in [0, 0.05) is 25.6 Å². The molecular weight excluding hydrogens is 398 g/mol. The lowest BCUT2D eigenvalue weighted by Gasteiger charge is -2.35. The number of thiophene rings is 1. The summed E-state index contributed by atoms with van der Waals surface area (Å²) in [6, 6.07) is 4.60. The lowest BCUT2D eigenvalue weighted by molar-refractivity contribution is -0.121. The third kappa shape index (κ3) is 4.16. The summed E-state index contributed by atoms with van der Waals surface area (Å²) in [7, 11) is 0. The molecule has 7 nitrogen and oxygen atoms in total. The maximum Gasteiger partial charge on any atom is 0.291 e. The van der Waals surface area contributed by atoms with Gasteiger partial charge in [-0.1, -0.05) is 20.3 Å². The molecule has 1 aliphatic rings. The van der Waals surface area contributed by atoms with E-state index in [2.05, 4.69) is 22.2 Å². The van der Waals surface area contributed by atoms with Crippen LogP contribution in [0.15, 0.2) is 22.3 Å². The van der Waals surface area contributed by atoms with Crippen molar-refractivity contribution in [2.75, 3.05) is 19.6 Å². The van der Waals surface area contributed by atoms with Crippen LogP contribution in [0.1, 0.15) is 51.8 Å². The highest BCUT2D eigenvalue weighted by Crippen LogP contribution is 2.24. The Balaban J connectivity index is 1.38. The fourth-order valence-corrected chi connectivity index (χ4v) is 5.38. The smallest absolute Gasteiger partial charge is 0.291 e. The zero-order chi connectivity index (χ0) is 21.1. The third-order valence-electron chi connectivity index (χ3n) is 6.14. The largest absolute Gasteiger partial charge is 0.354 e. The second kappa shape index (κ2) is 9.31. The normalized spacial score (nSPS) is 17.7. The Bertz CT molecular complexity index is 1080. The van der Waals surface area contributed by atoms with E-state index >= 15 is 0 Å². The van der Waals surface area contributed by atoms with Crippen LogP contribution in [0.25, 0.3) is 15.7 Å². The zero-order valence-corrected chi connectivity index (χ0v) is 18.7. The summed E-state index contributed by atoms with van der Waals surface area (Å²) < 4.78 is 4.30. The minimum atomic E-state index is -0.218. The predicted molar refractivity (Wildman–Crippen MR) is 121 cm³/mol. The first-order valence-corrected chi connectivity index (χ1v) is 12.0. The lowest BCUT2D eigenvalue weighted by Crippen LogP contribution is -2.41. The molecule has 0 aromatic carbocycles. The van der Waals surface area contributed by atoms with Crippen LogP contribution in [-0.2, 0) is 17.8 Å². The molecule has 162 valence electrons. The molecule has 1 amide bonds. The number of aryl methyl sites for hydroxylation is 1. The van der Waals surface area contributed by atoms with Crippen molar-refractivity contribution in [2.24, 2.45) is 0 Å². The third-order valence-corrected chi connectivity index (χ3v) is 7.00. The average Bonchev–Trinajstić information content (AvgIpc) is 3.35. The second-order valence-electron chi connectivity index (χ2n) is 8.06. The standard InChI is InChI=1S/C22H31N5O2S/c1-3-16-8-5-6-11-25(16)12-7-10-23-21(28)15-26-22(29)18-14-19-17(9-13-30-19)27(18)20(4-2)24-26/h9,13-14,16H,3-8,10-12,15H2,1-2H3,(H,23,28). The summed E-state index contributed by atoms with van der Waals surface area (Å²) in [4.78, 5) is 27.9. The number of fused-ring (bicyclic) bond motifs is 3. The SMILES string of the molecule is CCc1nn(CC(=O)NCCCN2CCCCC2CC)c(=O)c2cc3sccc3n12. The molecule has 0 bridgehead atoms. The van der Waals surface area contributed by atoms with E-state index in [0.717, 1.165) is 29.0 Å². The molecule has 0 radical (unpaired) electrons. The van der Waals surface area contributed by atoms with E-state index in [9.17, 15) is 9.59 Å². The average molecular weight is 430 g/mol. The van der Waals surface area contributed by atoms with Crippen LogP contribution < -0.4 is 10.9 Å². The molecule has 0 saturated carbocycles. The van der Waals surface area contributed by atoms with Crippen molar-refractivity contribution >= 4 is 33.0 Å². The molecule has 1 atom stereocenters. The van der Waals surface area contributed by atoms with Crippen LogP contribution in [0.3, 0.4) is 0 Å². The number of carbonyl (C=O) groups is 1. The topological polar surface area (TPSA) is 71.6 Å². The number of amides is 1. The van der Waals surface area contributed by atoms with Crippen LogP contribution >= 0.6 is 11.3 Å². The Morgan fingerprint density at radius 2 is 2.17 bits per heavy atom. The Kier molecular flexibility index (Phi) is 6.53. The van der Waals surface area contributed by atoms with Crippen LogP contribution in [0.4, 0.5) is 0 Å². The molecule has 1 saturated heterocycles. The van der Waals surface area contributed by atoms with Gasteiger partial charge >= 0.3 is 0 Å². The first-order chi connectivity index (χ1) is 14.6. The van der Waals surface area contributed by atoms with Gasteiger partial charge in [-0.05, 0) is 49.7 Å². The van der Waals surface area contributed by atoms with Gasteiger partial charge < -0.3 is 10.2 Å². The molecule has 3 aromatic heterocycles. The van der Waals surface area contributed by atoms with Crippen molar-refractivity contribution in [3.8, 4) is 0 Å². The molecule has 1 fully saturated rings. The summed E-state index contributed by atoms with van der Waals surface area (Å²) in [6.07, 6.45) is 6.71. The lowest BCUT2D eigenvalue weighted by atomic mass is 10.00. The molecule has 4 heterocycles. The Hall–Kier alpha value is -2.19. The monoisotopic (exact) mass is 429 g/mol. The van der Waals surface area contributed by atoms with E-state index in [1.165, 1.54) is 36.9 Å². The van der Waals surface area contributed by atoms with E-state index in [-0.39, 0.29) is 18.0 Å². The number of piperidine rings is 1. The molecule has 1 N–H and O–H groups in total. The Labute approximate surface area is 180 Å². The first kappa shape index (κ1) is 21.1. The molecule has 1 unspecified atom stereocenters. The summed E-state index contributed by atoms with van der Waals surface area (Å²) >= 11 is 1.61. The number of hydrogen-bond donors (Lipinski definition) is 1. The molecule has 1 aliphatic heterocycles. The molecule has 0 spiro atoms. The molecule has 0 aliphatic carbocycles. The fraction of sp³-hybridized carbons (Fsp3) is 0.591. The maximum atomic E-state index is 12.9. The number of rotatable bonds is 8. The van der Waals surface area contributed by atoms with E-state index in [1.54, 1.807) is 11.3 Å². The second-order valence-corrected chi connectivity index (χ2v) is 9.01. The molecule has 4 rings (SSSR count). The highest BCUT2D eigenvalue weighted by atomic mass is 32.1. The molecule has 8 heteroatoms. The van der Waals surface area contributed by atoms with Crippen LogP contribution in [-0.4, -0.2) is 50.7 Å². The van der Waals surface area contributed by atoms with E-state index < -0.39 is 0 Å². The number of carbonyl (C=O) groups excluding carboxylic acids is 1. The number of nitrogens with zero attached hydrogens (tertiary/aromatic N) is 4. The van der Waals surface area contributed by atoms with Crippen LogP contribution in [0.2, 0.25) is 0 Å². The summed E-state index contributed by atoms with van der Waals surface area (Å²) in [5, 5.41) is 9.47. The number of hydrogen-bond acceptors (Lipinski definition) is 5. The van der Waals surface area contributed by atoms with Gasteiger partial charge in [0.15, 0.2) is 0 Å². The van der Waals surface area contributed by atoms with Gasteiger partial charge in [0.2, 0.25) is 5.91 Å². The minimum Gasteiger partial charge on any atom is -0.354 e. The minimum absolute atomic E-state index is 0.0392. The first-order valence-electron chi connectivity index (χ1n) is 11.1. The van der Waals surface area contributed by atoms with Crippen molar-refractivity contribution in [1.82, 2.24) is 24.4 Å². The van der Waals surface area contributed by atoms with Crippen LogP contribution in [0.5, 0.6) is 0 Å². The van der Waals surface area contributed by atoms with Gasteiger partial charge in [-0.25, -0.2) is 4.68 Å². The molecule has 30 heavy (non-hydrogen) atoms. The van der Waals surface area contributed by atoms with Crippen molar-refractivity contribution in [3.05, 3.63) is 33.7 Å². The van der Waals surface area contributed by atoms with E-state index in [1.807, 2.05) is 28.8 Å². The number of likely N-dealkylation sites (tertiary alicyclic amines) is 1. The number of aromatic nitrogens is 3. The Morgan fingerprint density at radius 3 is 2.97 bits per heavy atom. The van der Waals surface area contributed by atoms with Gasteiger partial charge in [-0.2, -0.15) is 5.10 Å². The highest BCUT2D eigenvalue weighted by Gasteiger charge is 2.20. The fourth-order valence-electron chi connectivity index (χ4n) is 4.58. The van der Waals surface area contributed by atoms with Crippen molar-refractivity contribution in [3.63, 3.8) is 0 Å². The van der Waals surface area contributed by atoms with Gasteiger partial charge in [-0.3, -0.25) is 14.0 Å². The quantitative estimate of drug-likeness (QED) is 0.559. The van der Waals surface area contributed by atoms with Gasteiger partial charge in [0.1, 0.15) is 17.9 Å². The summed E-state index contributed by atoms with van der Waals surface area (Å²) in [6.45, 7) is 7.04. The van der Waals surface area contributed by atoms with E-state index in [4.69, 9.17) is 0 Å². The van der Waals surface area contributed by atoms with Crippen molar-refractivity contribution in [2.45, 2.75) is 65.0 Å². The summed E-state index contributed by atoms with van der Waals surface area (Å²) in [5.74, 6) is 0.636. The van der Waals surface area contributed by atoms with Crippen molar-refractivity contribution in [1.29, 1.82) is 0 Å². The summed E-state index contributed by atoms with van der Waals surface area (Å²) in [5.41, 5.74) is 1.38. The highest BCUT2D eigenvalue weighted by molar-refractivity contribution is 7.17. The van der Waals surface area contributed by atoms with Gasteiger partial charge in [0.05, 0.1) is 10.2 Å². The molecular formula is C22H31N5O2S. The predicted octanol–water partition coefficient (Wildman–Crippen LogP) is 3.04. The Morgan fingerprint density at radius 1 is 1.30 bits per heavy atom. The van der Waals surface area contributed by atoms with E-state index in [0.29, 0.717) is 24.5 Å². The number of nitrogens with one attached hydrogen (secondary N) is 1.